The largest absolute Gasteiger partial charge is 0.347 e. The Morgan fingerprint density at radius 2 is 2.13 bits per heavy atom. The Hall–Kier alpha value is -2.15. The summed E-state index contributed by atoms with van der Waals surface area (Å²) in [6.07, 6.45) is 7.83. The fourth-order valence-corrected chi connectivity index (χ4v) is 4.04. The standard InChI is InChI=1S/C16H22N6O/c1-21-7-6-17-14(21)10-22-8-11-2-3-12(9-22)15(11)19-16(23)13-4-5-18-20-13/h4-7,11-12,15H,2-3,8-10H2,1H3,(H,18,20)(H,19,23). The SMILES string of the molecule is Cn1ccnc1CN1CC2CCC(C1)C2NC(=O)c1ccn[nH]1. The smallest absolute Gasteiger partial charge is 0.269 e. The fourth-order valence-electron chi connectivity index (χ4n) is 4.04. The number of fused-ring (bicyclic) bond motifs is 2. The summed E-state index contributed by atoms with van der Waals surface area (Å²) >= 11 is 0. The molecule has 4 rings (SSSR count). The quantitative estimate of drug-likeness (QED) is 0.874. The Kier molecular flexibility index (Phi) is 3.65. The van der Waals surface area contributed by atoms with Crippen LogP contribution in [0.5, 0.6) is 0 Å². The van der Waals surface area contributed by atoms with Crippen LogP contribution in [-0.2, 0) is 13.6 Å². The predicted molar refractivity (Wildman–Crippen MR) is 84.5 cm³/mol. The highest BCUT2D eigenvalue weighted by atomic mass is 16.2. The van der Waals surface area contributed by atoms with Crippen LogP contribution in [0.4, 0.5) is 0 Å². The third kappa shape index (κ3) is 2.76. The first-order chi connectivity index (χ1) is 11.2. The Morgan fingerprint density at radius 3 is 2.74 bits per heavy atom. The van der Waals surface area contributed by atoms with E-state index in [1.807, 2.05) is 19.4 Å². The van der Waals surface area contributed by atoms with E-state index in [2.05, 4.69) is 30.0 Å². The van der Waals surface area contributed by atoms with Crippen LogP contribution in [0.25, 0.3) is 0 Å². The van der Waals surface area contributed by atoms with Gasteiger partial charge < -0.3 is 9.88 Å². The summed E-state index contributed by atoms with van der Waals surface area (Å²) in [6.45, 7) is 2.94. The highest BCUT2D eigenvalue weighted by Crippen LogP contribution is 2.37. The molecule has 2 aliphatic rings. The summed E-state index contributed by atoms with van der Waals surface area (Å²) in [6, 6.07) is 2.00. The highest BCUT2D eigenvalue weighted by molar-refractivity contribution is 5.92. The molecule has 2 unspecified atom stereocenters. The molecule has 1 saturated carbocycles. The van der Waals surface area contributed by atoms with E-state index in [0.717, 1.165) is 25.5 Å². The van der Waals surface area contributed by atoms with Crippen molar-refractivity contribution >= 4 is 5.91 Å². The summed E-state index contributed by atoms with van der Waals surface area (Å²) in [5.74, 6) is 2.12. The number of carbonyl (C=O) groups excluding carboxylic acids is 1. The van der Waals surface area contributed by atoms with Gasteiger partial charge in [0.25, 0.3) is 5.91 Å². The van der Waals surface area contributed by atoms with Gasteiger partial charge in [-0.2, -0.15) is 5.10 Å². The molecule has 23 heavy (non-hydrogen) atoms. The number of aromatic nitrogens is 4. The Balaban J connectivity index is 1.40. The van der Waals surface area contributed by atoms with Crippen molar-refractivity contribution in [1.82, 2.24) is 30.0 Å². The molecule has 1 aliphatic carbocycles. The first-order valence-corrected chi connectivity index (χ1v) is 8.19. The number of aryl methyl sites for hydroxylation is 1. The van der Waals surface area contributed by atoms with E-state index < -0.39 is 0 Å². The average molecular weight is 314 g/mol. The van der Waals surface area contributed by atoms with Crippen LogP contribution in [0.1, 0.15) is 29.2 Å². The van der Waals surface area contributed by atoms with Crippen LogP contribution in [-0.4, -0.2) is 49.7 Å². The van der Waals surface area contributed by atoms with Crippen molar-refractivity contribution in [2.75, 3.05) is 13.1 Å². The second-order valence-corrected chi connectivity index (χ2v) is 6.72. The van der Waals surface area contributed by atoms with Gasteiger partial charge in [0.2, 0.25) is 0 Å². The van der Waals surface area contributed by atoms with Gasteiger partial charge in [0.15, 0.2) is 0 Å². The molecule has 1 aliphatic heterocycles. The number of likely N-dealkylation sites (tertiary alicyclic amines) is 1. The molecule has 7 nitrogen and oxygen atoms in total. The molecular weight excluding hydrogens is 292 g/mol. The third-order valence-corrected chi connectivity index (χ3v) is 5.24. The molecule has 2 aromatic rings. The van der Waals surface area contributed by atoms with Crippen molar-refractivity contribution in [2.45, 2.75) is 25.4 Å². The molecule has 2 N–H and O–H groups in total. The van der Waals surface area contributed by atoms with Gasteiger partial charge in [0.05, 0.1) is 6.54 Å². The van der Waals surface area contributed by atoms with E-state index in [1.54, 1.807) is 12.3 Å². The second-order valence-electron chi connectivity index (χ2n) is 6.72. The monoisotopic (exact) mass is 314 g/mol. The van der Waals surface area contributed by atoms with Crippen LogP contribution in [0.3, 0.4) is 0 Å². The van der Waals surface area contributed by atoms with E-state index in [9.17, 15) is 4.79 Å². The Bertz CT molecular complexity index is 665. The zero-order chi connectivity index (χ0) is 15.8. The molecule has 0 radical (unpaired) electrons. The lowest BCUT2D eigenvalue weighted by Crippen LogP contribution is -2.52. The number of piperidine rings is 1. The Labute approximate surface area is 135 Å². The van der Waals surface area contributed by atoms with E-state index in [-0.39, 0.29) is 11.9 Å². The van der Waals surface area contributed by atoms with Gasteiger partial charge in [0.1, 0.15) is 11.5 Å². The van der Waals surface area contributed by atoms with Crippen molar-refractivity contribution in [3.05, 3.63) is 36.2 Å². The number of amides is 1. The molecule has 0 spiro atoms. The lowest BCUT2D eigenvalue weighted by molar-refractivity contribution is 0.0814. The summed E-state index contributed by atoms with van der Waals surface area (Å²) in [7, 11) is 2.04. The van der Waals surface area contributed by atoms with Crippen molar-refractivity contribution < 1.29 is 4.79 Å². The van der Waals surface area contributed by atoms with Crippen LogP contribution in [0.15, 0.2) is 24.7 Å². The van der Waals surface area contributed by atoms with E-state index in [1.165, 1.54) is 12.8 Å². The summed E-state index contributed by atoms with van der Waals surface area (Å²) < 4.78 is 2.08. The average Bonchev–Trinajstić information content (AvgIpc) is 3.23. The van der Waals surface area contributed by atoms with Crippen molar-refractivity contribution in [3.8, 4) is 0 Å². The molecule has 0 aromatic carbocycles. The number of H-pyrrole nitrogens is 1. The molecule has 122 valence electrons. The maximum atomic E-state index is 12.3. The molecular formula is C16H22N6O. The van der Waals surface area contributed by atoms with Crippen LogP contribution in [0.2, 0.25) is 0 Å². The molecule has 2 fully saturated rings. The molecule has 3 heterocycles. The number of hydrogen-bond donors (Lipinski definition) is 2. The molecule has 7 heteroatoms. The van der Waals surface area contributed by atoms with Gasteiger partial charge in [-0.1, -0.05) is 0 Å². The van der Waals surface area contributed by atoms with Gasteiger partial charge >= 0.3 is 0 Å². The fraction of sp³-hybridized carbons (Fsp3) is 0.562. The summed E-state index contributed by atoms with van der Waals surface area (Å²) in [5.41, 5.74) is 0.542. The third-order valence-electron chi connectivity index (χ3n) is 5.24. The van der Waals surface area contributed by atoms with Gasteiger partial charge in [-0.25, -0.2) is 4.98 Å². The molecule has 2 aromatic heterocycles. The number of nitrogens with one attached hydrogen (secondary N) is 2. The van der Waals surface area contributed by atoms with Crippen LogP contribution in [0, 0.1) is 11.8 Å². The van der Waals surface area contributed by atoms with Crippen molar-refractivity contribution in [1.29, 1.82) is 0 Å². The lowest BCUT2D eigenvalue weighted by atomic mass is 9.92. The minimum atomic E-state index is -0.0399. The molecule has 1 amide bonds. The molecule has 2 atom stereocenters. The van der Waals surface area contributed by atoms with Gasteiger partial charge in [-0.05, 0) is 30.7 Å². The number of aromatic amines is 1. The maximum Gasteiger partial charge on any atom is 0.269 e. The summed E-state index contributed by atoms with van der Waals surface area (Å²) in [4.78, 5) is 19.2. The normalized spacial score (nSPS) is 27.3. The minimum absolute atomic E-state index is 0.0399. The van der Waals surface area contributed by atoms with Crippen LogP contribution < -0.4 is 5.32 Å². The number of hydrogen-bond acceptors (Lipinski definition) is 4. The highest BCUT2D eigenvalue weighted by Gasteiger charge is 2.42. The second kappa shape index (κ2) is 5.81. The van der Waals surface area contributed by atoms with E-state index in [4.69, 9.17) is 0 Å². The van der Waals surface area contributed by atoms with E-state index >= 15 is 0 Å². The minimum Gasteiger partial charge on any atom is -0.347 e. The number of rotatable bonds is 4. The lowest BCUT2D eigenvalue weighted by Gasteiger charge is -2.38. The van der Waals surface area contributed by atoms with Gasteiger partial charge in [0, 0.05) is 44.8 Å². The van der Waals surface area contributed by atoms with Gasteiger partial charge in [-0.3, -0.25) is 14.8 Å². The van der Waals surface area contributed by atoms with Gasteiger partial charge in [-0.15, -0.1) is 0 Å². The van der Waals surface area contributed by atoms with Crippen molar-refractivity contribution in [3.63, 3.8) is 0 Å². The number of imidazole rings is 1. The zero-order valence-electron chi connectivity index (χ0n) is 13.3. The topological polar surface area (TPSA) is 78.8 Å². The number of nitrogens with zero attached hydrogens (tertiary/aromatic N) is 4. The zero-order valence-corrected chi connectivity index (χ0v) is 13.3. The van der Waals surface area contributed by atoms with E-state index in [0.29, 0.717) is 17.5 Å². The Morgan fingerprint density at radius 1 is 1.35 bits per heavy atom. The van der Waals surface area contributed by atoms with Crippen LogP contribution >= 0.6 is 0 Å². The number of carbonyl (C=O) groups is 1. The summed E-state index contributed by atoms with van der Waals surface area (Å²) in [5, 5.41) is 9.80. The maximum absolute atomic E-state index is 12.3. The first-order valence-electron chi connectivity index (χ1n) is 8.19. The first kappa shape index (κ1) is 14.4. The molecule has 1 saturated heterocycles. The predicted octanol–water partition coefficient (Wildman–Crippen LogP) is 0.784. The van der Waals surface area contributed by atoms with Crippen molar-refractivity contribution in [2.24, 2.45) is 18.9 Å². The molecule has 2 bridgehead atoms.